The number of aromatic nitrogens is 4. The van der Waals surface area contributed by atoms with Crippen molar-refractivity contribution in [2.24, 2.45) is 0 Å². The van der Waals surface area contributed by atoms with Gasteiger partial charge in [0.2, 0.25) is 5.91 Å². The zero-order valence-electron chi connectivity index (χ0n) is 15.8. The summed E-state index contributed by atoms with van der Waals surface area (Å²) in [6, 6.07) is 6.22. The van der Waals surface area contributed by atoms with Crippen molar-refractivity contribution in [2.75, 3.05) is 49.2 Å². The van der Waals surface area contributed by atoms with E-state index in [0.717, 1.165) is 41.4 Å². The molecule has 1 amide bonds. The average molecular weight is 381 g/mol. The van der Waals surface area contributed by atoms with Crippen molar-refractivity contribution in [1.29, 1.82) is 0 Å². The molecule has 3 aromatic heterocycles. The van der Waals surface area contributed by atoms with E-state index in [0.29, 0.717) is 26.3 Å². The molecule has 9 nitrogen and oxygen atoms in total. The van der Waals surface area contributed by atoms with Crippen molar-refractivity contribution < 1.29 is 9.53 Å². The molecule has 5 rings (SSSR count). The molecule has 0 aliphatic carbocycles. The lowest BCUT2D eigenvalue weighted by molar-refractivity contribution is -0.120. The van der Waals surface area contributed by atoms with Gasteiger partial charge in [-0.2, -0.15) is 9.78 Å². The Bertz CT molecular complexity index is 997. The predicted molar refractivity (Wildman–Crippen MR) is 106 cm³/mol. The topological polar surface area (TPSA) is 91.3 Å². The second-order valence-electron chi connectivity index (χ2n) is 7.24. The number of carbonyl (C=O) groups is 1. The summed E-state index contributed by atoms with van der Waals surface area (Å²) in [5.74, 6) is 1.78. The first-order chi connectivity index (χ1) is 13.7. The van der Waals surface area contributed by atoms with Crippen molar-refractivity contribution in [3.63, 3.8) is 0 Å². The molecule has 28 heavy (non-hydrogen) atoms. The number of rotatable bonds is 3. The van der Waals surface area contributed by atoms with Gasteiger partial charge < -0.3 is 24.8 Å². The van der Waals surface area contributed by atoms with E-state index in [4.69, 9.17) is 9.72 Å². The summed E-state index contributed by atoms with van der Waals surface area (Å²) in [7, 11) is 0. The van der Waals surface area contributed by atoms with Gasteiger partial charge in [0.25, 0.3) is 0 Å². The molecule has 0 aromatic carbocycles. The summed E-state index contributed by atoms with van der Waals surface area (Å²) < 4.78 is 7.41. The fourth-order valence-electron chi connectivity index (χ4n) is 3.92. The maximum atomic E-state index is 12.0. The van der Waals surface area contributed by atoms with E-state index in [1.165, 1.54) is 0 Å². The highest BCUT2D eigenvalue weighted by Crippen LogP contribution is 2.32. The van der Waals surface area contributed by atoms with Crippen LogP contribution in [0.1, 0.15) is 6.92 Å². The van der Waals surface area contributed by atoms with Crippen molar-refractivity contribution >= 4 is 28.4 Å². The zero-order valence-corrected chi connectivity index (χ0v) is 15.8. The normalized spacial score (nSPS) is 20.6. The van der Waals surface area contributed by atoms with Gasteiger partial charge in [-0.05, 0) is 19.1 Å². The molecule has 2 aliphatic heterocycles. The highest BCUT2D eigenvalue weighted by atomic mass is 16.5. The Balaban J connectivity index is 1.67. The fraction of sp³-hybridized carbons (Fsp3) is 0.421. The zero-order chi connectivity index (χ0) is 19.1. The smallest absolute Gasteiger partial charge is 0.239 e. The quantitative estimate of drug-likeness (QED) is 0.701. The second kappa shape index (κ2) is 6.83. The molecule has 2 aliphatic rings. The van der Waals surface area contributed by atoms with Crippen LogP contribution in [0.5, 0.6) is 0 Å². The standard InChI is InChI=1S/C19H23N7O2/c1-13-12-28-8-7-25(13)17-9-15(24-6-5-21-18(27)11-24)14-10-22-26(19(14)23-17)16-3-2-4-20-16/h2-4,9-10,13,20H,5-8,11-12H2,1H3,(H,21,27)/t13-/m1/s1. The number of nitrogens with one attached hydrogen (secondary N) is 2. The van der Waals surface area contributed by atoms with E-state index in [2.05, 4.69) is 38.2 Å². The summed E-state index contributed by atoms with van der Waals surface area (Å²) in [6.45, 7) is 6.02. The number of anilines is 2. The average Bonchev–Trinajstić information content (AvgIpc) is 3.37. The van der Waals surface area contributed by atoms with E-state index in [-0.39, 0.29) is 11.9 Å². The molecule has 9 heteroatoms. The van der Waals surface area contributed by atoms with Crippen molar-refractivity contribution in [3.05, 3.63) is 30.6 Å². The van der Waals surface area contributed by atoms with Crippen molar-refractivity contribution in [3.8, 4) is 5.82 Å². The lowest BCUT2D eigenvalue weighted by Gasteiger charge is -2.35. The minimum Gasteiger partial charge on any atom is -0.377 e. The number of hydrogen-bond donors (Lipinski definition) is 2. The highest BCUT2D eigenvalue weighted by molar-refractivity contribution is 5.94. The van der Waals surface area contributed by atoms with Gasteiger partial charge >= 0.3 is 0 Å². The van der Waals surface area contributed by atoms with Crippen LogP contribution in [-0.2, 0) is 9.53 Å². The lowest BCUT2D eigenvalue weighted by atomic mass is 10.2. The number of nitrogens with zero attached hydrogens (tertiary/aromatic N) is 5. The Morgan fingerprint density at radius 2 is 2.25 bits per heavy atom. The molecule has 0 spiro atoms. The van der Waals surface area contributed by atoms with Gasteiger partial charge in [-0.1, -0.05) is 0 Å². The summed E-state index contributed by atoms with van der Waals surface area (Å²) >= 11 is 0. The molecule has 0 unspecified atom stereocenters. The summed E-state index contributed by atoms with van der Waals surface area (Å²) in [4.78, 5) is 24.5. The number of amides is 1. The molecule has 3 aromatic rings. The number of carbonyl (C=O) groups excluding carboxylic acids is 1. The van der Waals surface area contributed by atoms with Gasteiger partial charge in [0.15, 0.2) is 5.65 Å². The Morgan fingerprint density at radius 1 is 1.32 bits per heavy atom. The summed E-state index contributed by atoms with van der Waals surface area (Å²) in [6.07, 6.45) is 3.70. The first-order valence-electron chi connectivity index (χ1n) is 9.59. The minimum absolute atomic E-state index is 0.0364. The summed E-state index contributed by atoms with van der Waals surface area (Å²) in [5, 5.41) is 8.40. The van der Waals surface area contributed by atoms with Crippen LogP contribution in [0.25, 0.3) is 16.9 Å². The molecular formula is C19H23N7O2. The third-order valence-electron chi connectivity index (χ3n) is 5.36. The monoisotopic (exact) mass is 381 g/mol. The molecule has 2 N–H and O–H groups in total. The number of aromatic amines is 1. The Kier molecular flexibility index (Phi) is 4.16. The van der Waals surface area contributed by atoms with Crippen LogP contribution in [0.3, 0.4) is 0 Å². The number of hydrogen-bond acceptors (Lipinski definition) is 6. The number of morpholine rings is 1. The number of pyridine rings is 1. The maximum absolute atomic E-state index is 12.0. The minimum atomic E-state index is 0.0364. The third-order valence-corrected chi connectivity index (χ3v) is 5.36. The molecule has 2 saturated heterocycles. The maximum Gasteiger partial charge on any atom is 0.239 e. The summed E-state index contributed by atoms with van der Waals surface area (Å²) in [5.41, 5.74) is 1.77. The molecular weight excluding hydrogens is 358 g/mol. The van der Waals surface area contributed by atoms with Crippen LogP contribution in [0.2, 0.25) is 0 Å². The molecule has 0 saturated carbocycles. The first-order valence-corrected chi connectivity index (χ1v) is 9.59. The first kappa shape index (κ1) is 17.1. The Labute approximate surface area is 162 Å². The van der Waals surface area contributed by atoms with Gasteiger partial charge in [-0.3, -0.25) is 4.79 Å². The molecule has 0 bridgehead atoms. The van der Waals surface area contributed by atoms with Crippen LogP contribution < -0.4 is 15.1 Å². The van der Waals surface area contributed by atoms with Crippen molar-refractivity contribution in [2.45, 2.75) is 13.0 Å². The Morgan fingerprint density at radius 3 is 3.04 bits per heavy atom. The fourth-order valence-corrected chi connectivity index (χ4v) is 3.92. The number of ether oxygens (including phenoxy) is 1. The molecule has 2 fully saturated rings. The predicted octanol–water partition coefficient (Wildman–Crippen LogP) is 0.910. The second-order valence-corrected chi connectivity index (χ2v) is 7.24. The third kappa shape index (κ3) is 2.88. The largest absolute Gasteiger partial charge is 0.377 e. The van der Waals surface area contributed by atoms with E-state index >= 15 is 0 Å². The molecule has 0 radical (unpaired) electrons. The van der Waals surface area contributed by atoms with Crippen LogP contribution in [-0.4, -0.2) is 71.1 Å². The van der Waals surface area contributed by atoms with Crippen LogP contribution in [0.15, 0.2) is 30.6 Å². The van der Waals surface area contributed by atoms with E-state index < -0.39 is 0 Å². The Hall–Kier alpha value is -3.07. The van der Waals surface area contributed by atoms with Crippen LogP contribution in [0, 0.1) is 0 Å². The van der Waals surface area contributed by atoms with Gasteiger partial charge in [0.05, 0.1) is 43.1 Å². The van der Waals surface area contributed by atoms with E-state index in [9.17, 15) is 4.79 Å². The van der Waals surface area contributed by atoms with E-state index in [1.807, 2.05) is 29.2 Å². The molecule has 5 heterocycles. The highest BCUT2D eigenvalue weighted by Gasteiger charge is 2.26. The van der Waals surface area contributed by atoms with Gasteiger partial charge in [-0.15, -0.1) is 0 Å². The molecule has 1 atom stereocenters. The number of H-pyrrole nitrogens is 1. The van der Waals surface area contributed by atoms with Gasteiger partial charge in [-0.25, -0.2) is 4.98 Å². The van der Waals surface area contributed by atoms with Crippen molar-refractivity contribution in [1.82, 2.24) is 25.1 Å². The SMILES string of the molecule is C[C@@H]1COCCN1c1cc(N2CCNC(=O)C2)c2cnn(-c3ccc[nH]3)c2n1. The van der Waals surface area contributed by atoms with E-state index in [1.54, 1.807) is 0 Å². The van der Waals surface area contributed by atoms with Gasteiger partial charge in [0.1, 0.15) is 11.6 Å². The lowest BCUT2D eigenvalue weighted by Crippen LogP contribution is -2.48. The van der Waals surface area contributed by atoms with Crippen LogP contribution in [0.4, 0.5) is 11.5 Å². The van der Waals surface area contributed by atoms with Crippen LogP contribution >= 0.6 is 0 Å². The number of fused-ring (bicyclic) bond motifs is 1. The van der Waals surface area contributed by atoms with Gasteiger partial charge in [0, 0.05) is 31.9 Å². The number of piperazine rings is 1. The molecule has 146 valence electrons.